The van der Waals surface area contributed by atoms with Crippen LogP contribution in [0.1, 0.15) is 36.5 Å². The molecule has 0 radical (unpaired) electrons. The average molecular weight is 237 g/mol. The molecule has 3 heteroatoms. The lowest BCUT2D eigenvalue weighted by Crippen LogP contribution is -2.39. The maximum atomic E-state index is 13.2. The molecule has 1 fully saturated rings. The summed E-state index contributed by atoms with van der Waals surface area (Å²) in [4.78, 5) is 0. The normalized spacial score (nSPS) is 26.8. The van der Waals surface area contributed by atoms with Crippen LogP contribution in [0, 0.1) is 6.92 Å². The zero-order valence-corrected chi connectivity index (χ0v) is 10.2. The number of aliphatic hydroxyl groups excluding tert-OH is 1. The van der Waals surface area contributed by atoms with E-state index in [1.54, 1.807) is 0 Å². The molecule has 2 N–H and O–H groups in total. The highest BCUT2D eigenvalue weighted by atomic mass is 19.1. The third-order valence-electron chi connectivity index (χ3n) is 3.49. The summed E-state index contributed by atoms with van der Waals surface area (Å²) in [6.45, 7) is 2.71. The van der Waals surface area contributed by atoms with Gasteiger partial charge in [0.1, 0.15) is 6.17 Å². The third-order valence-corrected chi connectivity index (χ3v) is 3.49. The molecule has 1 aliphatic heterocycles. The van der Waals surface area contributed by atoms with E-state index in [2.05, 4.69) is 5.32 Å². The highest BCUT2D eigenvalue weighted by molar-refractivity contribution is 5.27. The molecule has 17 heavy (non-hydrogen) atoms. The lowest BCUT2D eigenvalue weighted by molar-refractivity contribution is 0.127. The van der Waals surface area contributed by atoms with Crippen LogP contribution in [0.3, 0.4) is 0 Å². The summed E-state index contributed by atoms with van der Waals surface area (Å²) >= 11 is 0. The molecule has 3 atom stereocenters. The number of hydrogen-bond acceptors (Lipinski definition) is 2. The Morgan fingerprint density at radius 1 is 1.47 bits per heavy atom. The van der Waals surface area contributed by atoms with Gasteiger partial charge in [0, 0.05) is 6.04 Å². The van der Waals surface area contributed by atoms with E-state index < -0.39 is 12.3 Å². The molecule has 1 aliphatic rings. The zero-order chi connectivity index (χ0) is 12.3. The number of benzene rings is 1. The van der Waals surface area contributed by atoms with E-state index in [0.717, 1.165) is 11.1 Å². The summed E-state index contributed by atoms with van der Waals surface area (Å²) in [6, 6.07) is 7.91. The fourth-order valence-corrected chi connectivity index (χ4v) is 2.49. The number of piperidine rings is 1. The van der Waals surface area contributed by atoms with Crippen LogP contribution in [0.4, 0.5) is 4.39 Å². The SMILES string of the molecule is Cc1ccccc1[C@H](O)C[C@@H]1C[C@H](F)CCN1. The van der Waals surface area contributed by atoms with Crippen molar-refractivity contribution in [2.24, 2.45) is 0 Å². The second-order valence-electron chi connectivity index (χ2n) is 4.88. The first-order valence-corrected chi connectivity index (χ1v) is 6.28. The van der Waals surface area contributed by atoms with Crippen LogP contribution in [-0.4, -0.2) is 23.9 Å². The second kappa shape index (κ2) is 5.61. The summed E-state index contributed by atoms with van der Waals surface area (Å²) < 4.78 is 13.2. The largest absolute Gasteiger partial charge is 0.388 e. The van der Waals surface area contributed by atoms with Crippen molar-refractivity contribution in [2.75, 3.05) is 6.54 Å². The Morgan fingerprint density at radius 2 is 2.24 bits per heavy atom. The van der Waals surface area contributed by atoms with Crippen LogP contribution in [0.25, 0.3) is 0 Å². The van der Waals surface area contributed by atoms with Crippen molar-refractivity contribution < 1.29 is 9.50 Å². The van der Waals surface area contributed by atoms with Gasteiger partial charge < -0.3 is 10.4 Å². The Bertz CT molecular complexity index is 369. The quantitative estimate of drug-likeness (QED) is 0.846. The monoisotopic (exact) mass is 237 g/mol. The standard InChI is InChI=1S/C14H20FNO/c1-10-4-2-3-5-13(10)14(17)9-12-8-11(15)6-7-16-12/h2-5,11-12,14,16-17H,6-9H2,1H3/t11-,12+,14-/m1/s1. The molecule has 0 aliphatic carbocycles. The molecule has 0 saturated carbocycles. The maximum Gasteiger partial charge on any atom is 0.103 e. The highest BCUT2D eigenvalue weighted by Crippen LogP contribution is 2.25. The molecule has 0 amide bonds. The van der Waals surface area contributed by atoms with Crippen molar-refractivity contribution in [2.45, 2.75) is 44.5 Å². The summed E-state index contributed by atoms with van der Waals surface area (Å²) in [5, 5.41) is 13.4. The van der Waals surface area contributed by atoms with Gasteiger partial charge >= 0.3 is 0 Å². The summed E-state index contributed by atoms with van der Waals surface area (Å²) in [5.41, 5.74) is 2.04. The Hall–Kier alpha value is -0.930. The first-order valence-electron chi connectivity index (χ1n) is 6.28. The minimum Gasteiger partial charge on any atom is -0.388 e. The molecule has 0 aromatic heterocycles. The zero-order valence-electron chi connectivity index (χ0n) is 10.2. The lowest BCUT2D eigenvalue weighted by Gasteiger charge is -2.28. The van der Waals surface area contributed by atoms with E-state index in [-0.39, 0.29) is 6.04 Å². The number of halogens is 1. The molecule has 1 aromatic carbocycles. The van der Waals surface area contributed by atoms with E-state index in [4.69, 9.17) is 0 Å². The first kappa shape index (κ1) is 12.5. The van der Waals surface area contributed by atoms with Gasteiger partial charge in [0.2, 0.25) is 0 Å². The maximum absolute atomic E-state index is 13.2. The fraction of sp³-hybridized carbons (Fsp3) is 0.571. The van der Waals surface area contributed by atoms with Crippen molar-refractivity contribution in [3.63, 3.8) is 0 Å². The predicted molar refractivity (Wildman–Crippen MR) is 66.7 cm³/mol. The van der Waals surface area contributed by atoms with E-state index in [9.17, 15) is 9.50 Å². The first-order chi connectivity index (χ1) is 8.16. The smallest absolute Gasteiger partial charge is 0.103 e. The molecule has 1 heterocycles. The Labute approximate surface area is 102 Å². The van der Waals surface area contributed by atoms with Crippen LogP contribution >= 0.6 is 0 Å². The number of nitrogens with one attached hydrogen (secondary N) is 1. The van der Waals surface area contributed by atoms with E-state index in [1.807, 2.05) is 31.2 Å². The van der Waals surface area contributed by atoms with Crippen molar-refractivity contribution in [3.05, 3.63) is 35.4 Å². The molecule has 0 bridgehead atoms. The third kappa shape index (κ3) is 3.27. The molecular weight excluding hydrogens is 217 g/mol. The summed E-state index contributed by atoms with van der Waals surface area (Å²) in [5.74, 6) is 0. The molecule has 2 nitrogen and oxygen atoms in total. The van der Waals surface area contributed by atoms with Gasteiger partial charge in [0.25, 0.3) is 0 Å². The van der Waals surface area contributed by atoms with Gasteiger partial charge in [0.05, 0.1) is 6.10 Å². The van der Waals surface area contributed by atoms with Crippen molar-refractivity contribution in [3.8, 4) is 0 Å². The Morgan fingerprint density at radius 3 is 2.94 bits per heavy atom. The minimum absolute atomic E-state index is 0.0911. The lowest BCUT2D eigenvalue weighted by atomic mass is 9.93. The molecule has 2 rings (SSSR count). The number of aliphatic hydroxyl groups is 1. The second-order valence-corrected chi connectivity index (χ2v) is 4.88. The van der Waals surface area contributed by atoms with Crippen LogP contribution in [0.5, 0.6) is 0 Å². The van der Waals surface area contributed by atoms with Crippen molar-refractivity contribution >= 4 is 0 Å². The van der Waals surface area contributed by atoms with Gasteiger partial charge in [-0.1, -0.05) is 24.3 Å². The topological polar surface area (TPSA) is 32.3 Å². The Balaban J connectivity index is 1.97. The van der Waals surface area contributed by atoms with Gasteiger partial charge in [-0.2, -0.15) is 0 Å². The molecule has 0 spiro atoms. The molecular formula is C14H20FNO. The minimum atomic E-state index is -0.717. The van der Waals surface area contributed by atoms with E-state index >= 15 is 0 Å². The average Bonchev–Trinajstić information content (AvgIpc) is 2.29. The number of alkyl halides is 1. The van der Waals surface area contributed by atoms with Crippen LogP contribution in [0.2, 0.25) is 0 Å². The Kier molecular flexibility index (Phi) is 4.13. The van der Waals surface area contributed by atoms with Gasteiger partial charge in [-0.15, -0.1) is 0 Å². The van der Waals surface area contributed by atoms with Gasteiger partial charge in [-0.25, -0.2) is 4.39 Å². The van der Waals surface area contributed by atoms with Crippen LogP contribution in [0.15, 0.2) is 24.3 Å². The summed E-state index contributed by atoms with van der Waals surface area (Å²) in [7, 11) is 0. The van der Waals surface area contributed by atoms with Gasteiger partial charge in [-0.3, -0.25) is 0 Å². The van der Waals surface area contributed by atoms with Crippen LogP contribution in [-0.2, 0) is 0 Å². The van der Waals surface area contributed by atoms with E-state index in [0.29, 0.717) is 25.8 Å². The molecule has 1 aromatic rings. The van der Waals surface area contributed by atoms with E-state index in [1.165, 1.54) is 0 Å². The fourth-order valence-electron chi connectivity index (χ4n) is 2.49. The number of hydrogen-bond donors (Lipinski definition) is 2. The van der Waals surface area contributed by atoms with Crippen molar-refractivity contribution in [1.29, 1.82) is 0 Å². The van der Waals surface area contributed by atoms with Crippen LogP contribution < -0.4 is 5.32 Å². The molecule has 94 valence electrons. The predicted octanol–water partition coefficient (Wildman–Crippen LogP) is 2.51. The highest BCUT2D eigenvalue weighted by Gasteiger charge is 2.24. The van der Waals surface area contributed by atoms with Gasteiger partial charge in [-0.05, 0) is 43.9 Å². The number of aryl methyl sites for hydroxylation is 1. The molecule has 1 saturated heterocycles. The molecule has 0 unspecified atom stereocenters. The number of rotatable bonds is 3. The van der Waals surface area contributed by atoms with Gasteiger partial charge in [0.15, 0.2) is 0 Å². The summed E-state index contributed by atoms with van der Waals surface area (Å²) in [6.07, 6.45) is 0.481. The van der Waals surface area contributed by atoms with Crippen molar-refractivity contribution in [1.82, 2.24) is 5.32 Å².